The van der Waals surface area contributed by atoms with Gasteiger partial charge in [-0.1, -0.05) is 6.92 Å². The number of hydrogen-bond acceptors (Lipinski definition) is 4. The molecule has 0 spiro atoms. The third kappa shape index (κ3) is 2.65. The van der Waals surface area contributed by atoms with E-state index in [-0.39, 0.29) is 18.2 Å². The molecule has 1 atom stereocenters. The Bertz CT molecular complexity index is 628. The first kappa shape index (κ1) is 13.3. The molecule has 0 fully saturated rings. The zero-order chi connectivity index (χ0) is 14.0. The molecule has 0 amide bonds. The van der Waals surface area contributed by atoms with E-state index in [1.54, 1.807) is 25.3 Å². The largest absolute Gasteiger partial charge is 0.469 e. The number of anilines is 1. The highest BCUT2D eigenvalue weighted by atomic mass is 19.1. The molecule has 0 saturated carbocycles. The zero-order valence-electron chi connectivity index (χ0n) is 10.8. The summed E-state index contributed by atoms with van der Waals surface area (Å²) in [4.78, 5) is 15.3. The number of halogens is 1. The van der Waals surface area contributed by atoms with E-state index in [0.29, 0.717) is 16.8 Å². The van der Waals surface area contributed by atoms with E-state index in [9.17, 15) is 9.18 Å². The molecule has 1 aromatic carbocycles. The van der Waals surface area contributed by atoms with Gasteiger partial charge in [0.2, 0.25) is 0 Å². The summed E-state index contributed by atoms with van der Waals surface area (Å²) in [6.45, 7) is 1.70. The Morgan fingerprint density at radius 3 is 2.95 bits per heavy atom. The lowest BCUT2D eigenvalue weighted by atomic mass is 9.98. The van der Waals surface area contributed by atoms with Gasteiger partial charge in [0.1, 0.15) is 11.6 Å². The second-order valence-electron chi connectivity index (χ2n) is 4.49. The predicted octanol–water partition coefficient (Wildman–Crippen LogP) is 2.31. The van der Waals surface area contributed by atoms with Crippen LogP contribution in [0.1, 0.15) is 12.5 Å². The van der Waals surface area contributed by atoms with Gasteiger partial charge in [-0.3, -0.25) is 4.79 Å². The van der Waals surface area contributed by atoms with Crippen LogP contribution in [0.2, 0.25) is 0 Å². The number of nitrogens with zero attached hydrogens (tertiary/aromatic N) is 1. The van der Waals surface area contributed by atoms with Crippen LogP contribution < -0.4 is 5.73 Å². The van der Waals surface area contributed by atoms with Gasteiger partial charge in [-0.25, -0.2) is 9.37 Å². The highest BCUT2D eigenvalue weighted by Gasteiger charge is 2.16. The highest BCUT2D eigenvalue weighted by Crippen LogP contribution is 2.24. The van der Waals surface area contributed by atoms with Crippen molar-refractivity contribution in [1.82, 2.24) is 4.98 Å². The molecule has 2 rings (SSSR count). The van der Waals surface area contributed by atoms with Crippen molar-refractivity contribution in [1.29, 1.82) is 0 Å². The predicted molar refractivity (Wildman–Crippen MR) is 71.0 cm³/mol. The van der Waals surface area contributed by atoms with Gasteiger partial charge in [0.15, 0.2) is 0 Å². The summed E-state index contributed by atoms with van der Waals surface area (Å²) in [5.41, 5.74) is 6.16. The van der Waals surface area contributed by atoms with Crippen LogP contribution in [0.3, 0.4) is 0 Å². The van der Waals surface area contributed by atoms with Crippen LogP contribution in [-0.2, 0) is 16.0 Å². The van der Waals surface area contributed by atoms with Crippen molar-refractivity contribution >= 4 is 22.6 Å². The molecule has 1 aromatic heterocycles. The number of carbonyl (C=O) groups excluding carboxylic acids is 1. The molecule has 1 heterocycles. The molecule has 0 bridgehead atoms. The molecular formula is C14H15FN2O2. The number of rotatable bonds is 3. The molecular weight excluding hydrogens is 247 g/mol. The smallest absolute Gasteiger partial charge is 0.308 e. The Balaban J connectivity index is 2.39. The van der Waals surface area contributed by atoms with Gasteiger partial charge in [-0.2, -0.15) is 0 Å². The van der Waals surface area contributed by atoms with Crippen molar-refractivity contribution in [3.63, 3.8) is 0 Å². The third-order valence-electron chi connectivity index (χ3n) is 3.09. The number of fused-ring (bicyclic) bond motifs is 1. The Kier molecular flexibility index (Phi) is 3.64. The minimum absolute atomic E-state index is 0.288. The second kappa shape index (κ2) is 5.22. The quantitative estimate of drug-likeness (QED) is 0.862. The van der Waals surface area contributed by atoms with Gasteiger partial charge in [0, 0.05) is 11.6 Å². The lowest BCUT2D eigenvalue weighted by Crippen LogP contribution is -2.15. The summed E-state index contributed by atoms with van der Waals surface area (Å²) in [7, 11) is 1.32. The number of pyridine rings is 1. The number of nitrogens with two attached hydrogens (primary N) is 1. The lowest BCUT2D eigenvalue weighted by Gasteiger charge is -2.11. The summed E-state index contributed by atoms with van der Waals surface area (Å²) in [6.07, 6.45) is 1.86. The molecule has 1 unspecified atom stereocenters. The molecule has 19 heavy (non-hydrogen) atoms. The summed E-state index contributed by atoms with van der Waals surface area (Å²) in [5.74, 6) is -0.836. The first-order valence-corrected chi connectivity index (χ1v) is 5.93. The number of nitrogen functional groups attached to an aromatic ring is 1. The van der Waals surface area contributed by atoms with Gasteiger partial charge >= 0.3 is 5.97 Å². The van der Waals surface area contributed by atoms with E-state index in [4.69, 9.17) is 5.73 Å². The van der Waals surface area contributed by atoms with Crippen molar-refractivity contribution in [3.05, 3.63) is 35.8 Å². The fourth-order valence-electron chi connectivity index (χ4n) is 2.04. The van der Waals surface area contributed by atoms with Crippen molar-refractivity contribution < 1.29 is 13.9 Å². The zero-order valence-corrected chi connectivity index (χ0v) is 10.8. The van der Waals surface area contributed by atoms with E-state index >= 15 is 0 Å². The number of carbonyl (C=O) groups is 1. The van der Waals surface area contributed by atoms with Crippen LogP contribution in [0.4, 0.5) is 10.2 Å². The molecule has 4 nitrogen and oxygen atoms in total. The average molecular weight is 262 g/mol. The number of aromatic nitrogens is 1. The molecule has 0 aliphatic rings. The Morgan fingerprint density at radius 1 is 1.53 bits per heavy atom. The summed E-state index contributed by atoms with van der Waals surface area (Å²) in [6, 6.07) is 4.82. The van der Waals surface area contributed by atoms with Crippen LogP contribution in [-0.4, -0.2) is 18.1 Å². The minimum Gasteiger partial charge on any atom is -0.469 e. The van der Waals surface area contributed by atoms with Gasteiger partial charge < -0.3 is 10.5 Å². The molecule has 0 radical (unpaired) electrons. The van der Waals surface area contributed by atoms with Crippen LogP contribution >= 0.6 is 0 Å². The summed E-state index contributed by atoms with van der Waals surface area (Å²) >= 11 is 0. The SMILES string of the molecule is COC(=O)C(C)Cc1cc2ccnc(N)c2cc1F. The maximum atomic E-state index is 14.0. The number of benzene rings is 1. The van der Waals surface area contributed by atoms with Crippen LogP contribution in [0.5, 0.6) is 0 Å². The first-order chi connectivity index (χ1) is 9.02. The number of hydrogen-bond donors (Lipinski definition) is 1. The topological polar surface area (TPSA) is 65.2 Å². The number of ether oxygens (including phenoxy) is 1. The van der Waals surface area contributed by atoms with Gasteiger partial charge in [-0.05, 0) is 35.6 Å². The van der Waals surface area contributed by atoms with Crippen LogP contribution in [0.15, 0.2) is 24.4 Å². The van der Waals surface area contributed by atoms with E-state index in [1.807, 2.05) is 0 Å². The number of esters is 1. The Hall–Kier alpha value is -2.17. The van der Waals surface area contributed by atoms with Crippen molar-refractivity contribution in [2.45, 2.75) is 13.3 Å². The molecule has 0 aliphatic heterocycles. The summed E-state index contributed by atoms with van der Waals surface area (Å²) in [5, 5.41) is 1.38. The van der Waals surface area contributed by atoms with Crippen LogP contribution in [0.25, 0.3) is 10.8 Å². The van der Waals surface area contributed by atoms with Gasteiger partial charge in [0.05, 0.1) is 13.0 Å². The fourth-order valence-corrected chi connectivity index (χ4v) is 2.04. The van der Waals surface area contributed by atoms with Crippen molar-refractivity contribution in [2.24, 2.45) is 5.92 Å². The average Bonchev–Trinajstić information content (AvgIpc) is 2.40. The Labute approximate surface area is 110 Å². The number of methoxy groups -OCH3 is 1. The third-order valence-corrected chi connectivity index (χ3v) is 3.09. The first-order valence-electron chi connectivity index (χ1n) is 5.93. The minimum atomic E-state index is -0.392. The van der Waals surface area contributed by atoms with E-state index in [1.165, 1.54) is 13.2 Å². The fraction of sp³-hybridized carbons (Fsp3) is 0.286. The lowest BCUT2D eigenvalue weighted by molar-refractivity contribution is -0.144. The van der Waals surface area contributed by atoms with Gasteiger partial charge in [0.25, 0.3) is 0 Å². The molecule has 0 aliphatic carbocycles. The molecule has 2 N–H and O–H groups in total. The molecule has 2 aromatic rings. The second-order valence-corrected chi connectivity index (χ2v) is 4.49. The Morgan fingerprint density at radius 2 is 2.26 bits per heavy atom. The normalized spacial score (nSPS) is 12.4. The maximum Gasteiger partial charge on any atom is 0.308 e. The van der Waals surface area contributed by atoms with Crippen LogP contribution in [0, 0.1) is 11.7 Å². The van der Waals surface area contributed by atoms with E-state index in [2.05, 4.69) is 9.72 Å². The molecule has 5 heteroatoms. The van der Waals surface area contributed by atoms with E-state index in [0.717, 1.165) is 5.39 Å². The highest BCUT2D eigenvalue weighted by molar-refractivity contribution is 5.91. The molecule has 0 saturated heterocycles. The van der Waals surface area contributed by atoms with Gasteiger partial charge in [-0.15, -0.1) is 0 Å². The molecule has 100 valence electrons. The van der Waals surface area contributed by atoms with E-state index < -0.39 is 5.92 Å². The summed E-state index contributed by atoms with van der Waals surface area (Å²) < 4.78 is 18.6. The van der Waals surface area contributed by atoms with Crippen molar-refractivity contribution in [2.75, 3.05) is 12.8 Å². The monoisotopic (exact) mass is 262 g/mol. The maximum absolute atomic E-state index is 14.0. The standard InChI is InChI=1S/C14H15FN2O2/c1-8(14(18)19-2)5-10-6-9-3-4-17-13(16)11(9)7-12(10)15/h3-4,6-8H,5H2,1-2H3,(H2,16,17). The van der Waals surface area contributed by atoms with Crippen molar-refractivity contribution in [3.8, 4) is 0 Å².